The van der Waals surface area contributed by atoms with Gasteiger partial charge in [0.15, 0.2) is 0 Å². The van der Waals surface area contributed by atoms with E-state index in [0.29, 0.717) is 0 Å². The summed E-state index contributed by atoms with van der Waals surface area (Å²) in [5.41, 5.74) is 15.6. The van der Waals surface area contributed by atoms with E-state index < -0.39 is 0 Å². The lowest BCUT2D eigenvalue weighted by atomic mass is 10.0. The highest BCUT2D eigenvalue weighted by atomic mass is 16.3. The molecular formula is C54H36N2O. The second-order valence-corrected chi connectivity index (χ2v) is 14.6. The summed E-state index contributed by atoms with van der Waals surface area (Å²) in [5, 5.41) is 4.68. The minimum Gasteiger partial charge on any atom is -0.456 e. The van der Waals surface area contributed by atoms with Crippen molar-refractivity contribution in [1.29, 1.82) is 0 Å². The summed E-state index contributed by atoms with van der Waals surface area (Å²) in [7, 11) is 0. The predicted octanol–water partition coefficient (Wildman–Crippen LogP) is 15.2. The van der Waals surface area contributed by atoms with Crippen LogP contribution in [0.1, 0.15) is 0 Å². The molecule has 9 aromatic carbocycles. The zero-order valence-corrected chi connectivity index (χ0v) is 31.1. The fraction of sp³-hybridized carbons (Fsp3) is 0. The summed E-state index contributed by atoms with van der Waals surface area (Å²) in [4.78, 5) is 2.37. The molecular weight excluding hydrogens is 693 g/mol. The third-order valence-corrected chi connectivity index (χ3v) is 11.2. The first-order valence-corrected chi connectivity index (χ1v) is 19.4. The summed E-state index contributed by atoms with van der Waals surface area (Å²) in [6, 6.07) is 78.2. The lowest BCUT2D eigenvalue weighted by molar-refractivity contribution is 0.669. The predicted molar refractivity (Wildman–Crippen MR) is 239 cm³/mol. The van der Waals surface area contributed by atoms with Gasteiger partial charge < -0.3 is 13.9 Å². The molecule has 0 aliphatic carbocycles. The molecule has 0 radical (unpaired) electrons. The molecule has 0 spiro atoms. The van der Waals surface area contributed by atoms with Gasteiger partial charge in [-0.25, -0.2) is 0 Å². The minimum atomic E-state index is 0.906. The Bertz CT molecular complexity index is 3120. The number of para-hydroxylation sites is 2. The Labute approximate surface area is 330 Å². The maximum atomic E-state index is 6.16. The highest BCUT2D eigenvalue weighted by Crippen LogP contribution is 2.42. The van der Waals surface area contributed by atoms with E-state index >= 15 is 0 Å². The molecule has 11 rings (SSSR count). The average Bonchev–Trinajstić information content (AvgIpc) is 3.82. The number of furan rings is 1. The van der Waals surface area contributed by atoms with Crippen LogP contribution in [-0.2, 0) is 0 Å². The molecule has 0 amide bonds. The van der Waals surface area contributed by atoms with Crippen molar-refractivity contribution in [3.8, 4) is 39.1 Å². The van der Waals surface area contributed by atoms with Crippen LogP contribution < -0.4 is 4.90 Å². The van der Waals surface area contributed by atoms with Gasteiger partial charge in [-0.3, -0.25) is 0 Å². The normalized spacial score (nSPS) is 11.5. The maximum absolute atomic E-state index is 6.16. The molecule has 2 aromatic heterocycles. The molecule has 57 heavy (non-hydrogen) atoms. The smallest absolute Gasteiger partial charge is 0.135 e. The molecule has 0 saturated carbocycles. The average molecular weight is 729 g/mol. The summed E-state index contributed by atoms with van der Waals surface area (Å²) in [6.07, 6.45) is 0. The fourth-order valence-electron chi connectivity index (χ4n) is 8.40. The monoisotopic (exact) mass is 728 g/mol. The Hall–Kier alpha value is -7.62. The number of hydrogen-bond acceptors (Lipinski definition) is 2. The van der Waals surface area contributed by atoms with Gasteiger partial charge in [-0.2, -0.15) is 0 Å². The highest BCUT2D eigenvalue weighted by Gasteiger charge is 2.19. The van der Waals surface area contributed by atoms with Crippen molar-refractivity contribution in [2.45, 2.75) is 0 Å². The lowest BCUT2D eigenvalue weighted by Crippen LogP contribution is -2.10. The van der Waals surface area contributed by atoms with Crippen molar-refractivity contribution in [3.05, 3.63) is 218 Å². The molecule has 0 N–H and O–H groups in total. The SMILES string of the molecule is c1ccc(-c2ccc(N(c3ccc(-c4ccccc4)cc3)c3ccc4c5cc(-c6ccc7oc8ccccc8c7c6)ccc5n(-c5ccccc5)c4c3)cc2)cc1. The van der Waals surface area contributed by atoms with Crippen molar-refractivity contribution in [2.24, 2.45) is 0 Å². The van der Waals surface area contributed by atoms with Crippen LogP contribution in [0.15, 0.2) is 223 Å². The van der Waals surface area contributed by atoms with Gasteiger partial charge in [0.2, 0.25) is 0 Å². The Morgan fingerprint density at radius 3 is 1.44 bits per heavy atom. The zero-order chi connectivity index (χ0) is 37.7. The molecule has 0 unspecified atom stereocenters. The van der Waals surface area contributed by atoms with Crippen molar-refractivity contribution in [3.63, 3.8) is 0 Å². The van der Waals surface area contributed by atoms with E-state index in [-0.39, 0.29) is 0 Å². The molecule has 0 bridgehead atoms. The second-order valence-electron chi connectivity index (χ2n) is 14.6. The summed E-state index contributed by atoms with van der Waals surface area (Å²) >= 11 is 0. The maximum Gasteiger partial charge on any atom is 0.135 e. The zero-order valence-electron chi connectivity index (χ0n) is 31.1. The third-order valence-electron chi connectivity index (χ3n) is 11.2. The largest absolute Gasteiger partial charge is 0.456 e. The Morgan fingerprint density at radius 2 is 0.789 bits per heavy atom. The highest BCUT2D eigenvalue weighted by molar-refractivity contribution is 6.12. The van der Waals surface area contributed by atoms with Gasteiger partial charge in [-0.15, -0.1) is 0 Å². The quantitative estimate of drug-likeness (QED) is 0.163. The first kappa shape index (κ1) is 32.8. The number of anilines is 3. The lowest BCUT2D eigenvalue weighted by Gasteiger charge is -2.26. The van der Waals surface area contributed by atoms with E-state index in [4.69, 9.17) is 4.42 Å². The van der Waals surface area contributed by atoms with Crippen LogP contribution in [0.25, 0.3) is 82.8 Å². The van der Waals surface area contributed by atoms with Crippen LogP contribution in [0.3, 0.4) is 0 Å². The number of benzene rings is 9. The van der Waals surface area contributed by atoms with Crippen LogP contribution in [0.5, 0.6) is 0 Å². The van der Waals surface area contributed by atoms with Crippen molar-refractivity contribution >= 4 is 60.8 Å². The molecule has 0 aliphatic heterocycles. The number of nitrogens with zero attached hydrogens (tertiary/aromatic N) is 2. The Balaban J connectivity index is 1.08. The third kappa shape index (κ3) is 5.76. The number of fused-ring (bicyclic) bond motifs is 6. The van der Waals surface area contributed by atoms with Crippen LogP contribution >= 0.6 is 0 Å². The van der Waals surface area contributed by atoms with E-state index in [2.05, 4.69) is 216 Å². The molecule has 0 atom stereocenters. The van der Waals surface area contributed by atoms with Gasteiger partial charge in [0.25, 0.3) is 0 Å². The van der Waals surface area contributed by atoms with Gasteiger partial charge in [0, 0.05) is 44.3 Å². The number of aromatic nitrogens is 1. The molecule has 0 saturated heterocycles. The van der Waals surface area contributed by atoms with Crippen LogP contribution in [0.2, 0.25) is 0 Å². The standard InChI is InChI=1S/C54H36N2O/c1-4-12-37(13-5-1)39-20-26-44(27-21-39)55(45-28-22-40(23-29-45)38-14-6-2-7-15-38)46-30-31-47-49-34-41(24-32-51(49)56(52(47)36-46)43-16-8-3-9-17-43)42-25-33-54-50(35-42)48-18-10-11-19-53(48)57-54/h1-36H. The van der Waals surface area contributed by atoms with Gasteiger partial charge in [0.05, 0.1) is 11.0 Å². The molecule has 3 heteroatoms. The van der Waals surface area contributed by atoms with Gasteiger partial charge in [-0.05, 0) is 112 Å². The topological polar surface area (TPSA) is 21.3 Å². The van der Waals surface area contributed by atoms with Crippen molar-refractivity contribution in [2.75, 3.05) is 4.90 Å². The summed E-state index contributed by atoms with van der Waals surface area (Å²) in [6.45, 7) is 0. The molecule has 0 fully saturated rings. The van der Waals surface area contributed by atoms with Crippen LogP contribution in [0, 0.1) is 0 Å². The summed E-state index contributed by atoms with van der Waals surface area (Å²) < 4.78 is 8.57. The van der Waals surface area contributed by atoms with Gasteiger partial charge in [-0.1, -0.05) is 140 Å². The van der Waals surface area contributed by atoms with E-state index in [1.165, 1.54) is 38.6 Å². The molecule has 0 aliphatic rings. The Morgan fingerprint density at radius 1 is 0.298 bits per heavy atom. The summed E-state index contributed by atoms with van der Waals surface area (Å²) in [5.74, 6) is 0. The first-order chi connectivity index (χ1) is 28.2. The number of hydrogen-bond donors (Lipinski definition) is 0. The van der Waals surface area contributed by atoms with E-state index in [1.807, 2.05) is 12.1 Å². The minimum absolute atomic E-state index is 0.906. The molecule has 11 aromatic rings. The van der Waals surface area contributed by atoms with Gasteiger partial charge >= 0.3 is 0 Å². The number of rotatable bonds is 7. The second kappa shape index (κ2) is 13.6. The van der Waals surface area contributed by atoms with Crippen LogP contribution in [-0.4, -0.2) is 4.57 Å². The van der Waals surface area contributed by atoms with E-state index in [1.54, 1.807) is 0 Å². The van der Waals surface area contributed by atoms with Gasteiger partial charge in [0.1, 0.15) is 11.2 Å². The molecule has 268 valence electrons. The first-order valence-electron chi connectivity index (χ1n) is 19.4. The van der Waals surface area contributed by atoms with Crippen molar-refractivity contribution < 1.29 is 4.42 Å². The molecule has 3 nitrogen and oxygen atoms in total. The Kier molecular flexibility index (Phi) is 7.82. The van der Waals surface area contributed by atoms with E-state index in [9.17, 15) is 0 Å². The molecule has 2 heterocycles. The fourth-order valence-corrected chi connectivity index (χ4v) is 8.40. The van der Waals surface area contributed by atoms with Crippen molar-refractivity contribution in [1.82, 2.24) is 4.57 Å². The van der Waals surface area contributed by atoms with Crippen LogP contribution in [0.4, 0.5) is 17.1 Å². The van der Waals surface area contributed by atoms with E-state index in [0.717, 1.165) is 61.3 Å².